The van der Waals surface area contributed by atoms with E-state index in [1.54, 1.807) is 14.2 Å². The Hall–Kier alpha value is -2.22. The molecule has 28 heavy (non-hydrogen) atoms. The molecule has 0 heterocycles. The van der Waals surface area contributed by atoms with Gasteiger partial charge in [-0.25, -0.2) is 0 Å². The molecular formula is C26H34O2. The summed E-state index contributed by atoms with van der Waals surface area (Å²) >= 11 is 0. The van der Waals surface area contributed by atoms with Gasteiger partial charge in [-0.05, 0) is 70.5 Å². The zero-order chi connectivity index (χ0) is 20.3. The van der Waals surface area contributed by atoms with Crippen LogP contribution in [-0.4, -0.2) is 14.2 Å². The first-order valence-corrected chi connectivity index (χ1v) is 10.6. The number of methoxy groups -OCH3 is 2. The van der Waals surface area contributed by atoms with Gasteiger partial charge in [0.2, 0.25) is 0 Å². The highest BCUT2D eigenvalue weighted by Gasteiger charge is 2.18. The monoisotopic (exact) mass is 378 g/mol. The van der Waals surface area contributed by atoms with Gasteiger partial charge in [0.1, 0.15) is 0 Å². The topological polar surface area (TPSA) is 18.5 Å². The fourth-order valence-corrected chi connectivity index (χ4v) is 4.46. The molecule has 2 heteroatoms. The molecule has 0 saturated carbocycles. The molecule has 0 aliphatic heterocycles. The van der Waals surface area contributed by atoms with E-state index in [1.165, 1.54) is 57.5 Å². The molecule has 2 nitrogen and oxygen atoms in total. The fraction of sp³-hybridized carbons (Fsp3) is 0.462. The summed E-state index contributed by atoms with van der Waals surface area (Å²) in [7, 11) is 3.43. The van der Waals surface area contributed by atoms with Crippen LogP contribution in [0.25, 0.3) is 21.5 Å². The lowest BCUT2D eigenvalue weighted by Gasteiger charge is -2.21. The van der Waals surface area contributed by atoms with Gasteiger partial charge in [0, 0.05) is 0 Å². The van der Waals surface area contributed by atoms with Crippen LogP contribution in [-0.2, 0) is 12.8 Å². The Morgan fingerprint density at radius 2 is 1.46 bits per heavy atom. The molecule has 150 valence electrons. The summed E-state index contributed by atoms with van der Waals surface area (Å²) in [4.78, 5) is 0. The summed E-state index contributed by atoms with van der Waals surface area (Å²) in [6.45, 7) is 9.11. The van der Waals surface area contributed by atoms with Crippen molar-refractivity contribution in [2.24, 2.45) is 5.92 Å². The van der Waals surface area contributed by atoms with Crippen LogP contribution in [0.4, 0.5) is 0 Å². The quantitative estimate of drug-likeness (QED) is 0.384. The van der Waals surface area contributed by atoms with Gasteiger partial charge in [-0.15, -0.1) is 0 Å². The number of aryl methyl sites for hydroxylation is 2. The Balaban J connectivity index is 2.33. The SMILES string of the molecule is CCCC[C@H](C)Cc1c(CC)c2cc(OC)c(OC)cc2c2cc(C)ccc12. The highest BCUT2D eigenvalue weighted by Crippen LogP contribution is 2.41. The maximum absolute atomic E-state index is 5.63. The van der Waals surface area contributed by atoms with Gasteiger partial charge in [0.25, 0.3) is 0 Å². The molecule has 0 amide bonds. The Morgan fingerprint density at radius 3 is 2.07 bits per heavy atom. The maximum Gasteiger partial charge on any atom is 0.161 e. The molecule has 0 N–H and O–H groups in total. The van der Waals surface area contributed by atoms with E-state index in [1.807, 2.05) is 0 Å². The van der Waals surface area contributed by atoms with E-state index in [0.29, 0.717) is 5.92 Å². The van der Waals surface area contributed by atoms with Crippen LogP contribution in [0.5, 0.6) is 11.5 Å². The van der Waals surface area contributed by atoms with E-state index in [4.69, 9.17) is 9.47 Å². The predicted octanol–water partition coefficient (Wildman–Crippen LogP) is 7.25. The van der Waals surface area contributed by atoms with Crippen LogP contribution >= 0.6 is 0 Å². The largest absolute Gasteiger partial charge is 0.493 e. The van der Waals surface area contributed by atoms with Gasteiger partial charge in [0.05, 0.1) is 14.2 Å². The number of hydrogen-bond acceptors (Lipinski definition) is 2. The van der Waals surface area contributed by atoms with E-state index in [2.05, 4.69) is 58.0 Å². The van der Waals surface area contributed by atoms with Crippen molar-refractivity contribution in [2.75, 3.05) is 14.2 Å². The highest BCUT2D eigenvalue weighted by atomic mass is 16.5. The summed E-state index contributed by atoms with van der Waals surface area (Å²) in [6, 6.07) is 11.2. The number of unbranched alkanes of at least 4 members (excludes halogenated alkanes) is 1. The normalized spacial score (nSPS) is 12.5. The summed E-state index contributed by atoms with van der Waals surface area (Å²) < 4.78 is 11.2. The molecular weight excluding hydrogens is 344 g/mol. The number of hydrogen-bond donors (Lipinski definition) is 0. The van der Waals surface area contributed by atoms with Gasteiger partial charge in [-0.2, -0.15) is 0 Å². The van der Waals surface area contributed by atoms with Crippen LogP contribution < -0.4 is 9.47 Å². The second-order valence-corrected chi connectivity index (χ2v) is 8.06. The summed E-state index contributed by atoms with van der Waals surface area (Å²) in [6.07, 6.45) is 6.01. The number of fused-ring (bicyclic) bond motifs is 3. The van der Waals surface area contributed by atoms with Crippen LogP contribution in [0.3, 0.4) is 0 Å². The standard InChI is InChI=1S/C26H34O2/c1-7-9-10-17(3)13-21-19(8-2)23-15-25(27-5)26(28-6)16-24(23)22-14-18(4)11-12-20(21)22/h11-12,14-17H,7-10,13H2,1-6H3/t17-/m0/s1. The van der Waals surface area contributed by atoms with Crippen molar-refractivity contribution in [3.05, 3.63) is 47.0 Å². The average Bonchev–Trinajstić information content (AvgIpc) is 2.71. The van der Waals surface area contributed by atoms with Crippen molar-refractivity contribution >= 4 is 21.5 Å². The van der Waals surface area contributed by atoms with E-state index in [-0.39, 0.29) is 0 Å². The minimum absolute atomic E-state index is 0.687. The maximum atomic E-state index is 5.63. The third-order valence-electron chi connectivity index (χ3n) is 5.96. The average molecular weight is 379 g/mol. The molecule has 0 saturated heterocycles. The lowest BCUT2D eigenvalue weighted by molar-refractivity contribution is 0.356. The molecule has 0 bridgehead atoms. The third-order valence-corrected chi connectivity index (χ3v) is 5.96. The second-order valence-electron chi connectivity index (χ2n) is 8.06. The lowest BCUT2D eigenvalue weighted by atomic mass is 9.84. The van der Waals surface area contributed by atoms with Crippen LogP contribution in [0.2, 0.25) is 0 Å². The Labute approximate surface area is 169 Å². The first kappa shape index (κ1) is 20.5. The zero-order valence-electron chi connectivity index (χ0n) is 18.3. The number of ether oxygens (including phenoxy) is 2. The van der Waals surface area contributed by atoms with E-state index in [9.17, 15) is 0 Å². The van der Waals surface area contributed by atoms with Crippen molar-refractivity contribution in [3.63, 3.8) is 0 Å². The van der Waals surface area contributed by atoms with E-state index in [0.717, 1.165) is 24.3 Å². The molecule has 3 aromatic rings. The molecule has 0 radical (unpaired) electrons. The van der Waals surface area contributed by atoms with Gasteiger partial charge >= 0.3 is 0 Å². The molecule has 0 spiro atoms. The molecule has 0 aliphatic carbocycles. The van der Waals surface area contributed by atoms with Crippen molar-refractivity contribution in [2.45, 2.75) is 59.8 Å². The molecule has 1 atom stereocenters. The highest BCUT2D eigenvalue weighted by molar-refractivity contribution is 6.12. The molecule has 3 aromatic carbocycles. The van der Waals surface area contributed by atoms with Crippen molar-refractivity contribution in [1.29, 1.82) is 0 Å². The Morgan fingerprint density at radius 1 is 0.821 bits per heavy atom. The minimum Gasteiger partial charge on any atom is -0.493 e. The number of rotatable bonds is 8. The third kappa shape index (κ3) is 3.83. The molecule has 0 fully saturated rings. The summed E-state index contributed by atoms with van der Waals surface area (Å²) in [5.41, 5.74) is 4.26. The fourth-order valence-electron chi connectivity index (χ4n) is 4.46. The van der Waals surface area contributed by atoms with Gasteiger partial charge in [-0.3, -0.25) is 0 Å². The van der Waals surface area contributed by atoms with Crippen molar-refractivity contribution in [3.8, 4) is 11.5 Å². The zero-order valence-corrected chi connectivity index (χ0v) is 18.3. The first-order valence-electron chi connectivity index (χ1n) is 10.6. The number of benzene rings is 3. The van der Waals surface area contributed by atoms with Crippen molar-refractivity contribution < 1.29 is 9.47 Å². The van der Waals surface area contributed by atoms with Gasteiger partial charge in [-0.1, -0.05) is 63.8 Å². The predicted molar refractivity (Wildman–Crippen MR) is 121 cm³/mol. The smallest absolute Gasteiger partial charge is 0.161 e. The Kier molecular flexibility index (Phi) is 6.49. The van der Waals surface area contributed by atoms with E-state index >= 15 is 0 Å². The minimum atomic E-state index is 0.687. The lowest BCUT2D eigenvalue weighted by Crippen LogP contribution is -2.05. The first-order chi connectivity index (χ1) is 13.5. The van der Waals surface area contributed by atoms with E-state index < -0.39 is 0 Å². The molecule has 0 aromatic heterocycles. The van der Waals surface area contributed by atoms with Gasteiger partial charge in [0.15, 0.2) is 11.5 Å². The summed E-state index contributed by atoms with van der Waals surface area (Å²) in [5.74, 6) is 2.29. The van der Waals surface area contributed by atoms with Gasteiger partial charge < -0.3 is 9.47 Å². The molecule has 0 aliphatic rings. The molecule has 0 unspecified atom stereocenters. The van der Waals surface area contributed by atoms with Crippen LogP contribution in [0, 0.1) is 12.8 Å². The van der Waals surface area contributed by atoms with Crippen LogP contribution in [0.1, 0.15) is 56.7 Å². The Bertz CT molecular complexity index is 971. The van der Waals surface area contributed by atoms with Crippen LogP contribution in [0.15, 0.2) is 30.3 Å². The second kappa shape index (κ2) is 8.86. The summed E-state index contributed by atoms with van der Waals surface area (Å²) in [5, 5.41) is 5.28. The molecule has 3 rings (SSSR count). The van der Waals surface area contributed by atoms with Crippen molar-refractivity contribution in [1.82, 2.24) is 0 Å².